The van der Waals surface area contributed by atoms with Crippen LogP contribution in [0.25, 0.3) is 28.0 Å². The van der Waals surface area contributed by atoms with Crippen molar-refractivity contribution in [2.75, 3.05) is 45.2 Å². The number of nitrogens with zero attached hydrogens (tertiary/aromatic N) is 10. The third kappa shape index (κ3) is 5.18. The first-order valence-corrected chi connectivity index (χ1v) is 13.9. The fraction of sp³-hybridized carbons (Fsp3) is 0.267. The molecule has 1 atom stereocenters. The molecule has 0 bridgehead atoms. The summed E-state index contributed by atoms with van der Waals surface area (Å²) < 4.78 is 3.39. The molecule has 212 valence electrons. The highest BCUT2D eigenvalue weighted by molar-refractivity contribution is 6.30. The van der Waals surface area contributed by atoms with E-state index in [9.17, 15) is 10.1 Å². The monoisotopic (exact) mass is 580 g/mol. The second-order valence-electron chi connectivity index (χ2n) is 10.5. The normalized spacial score (nSPS) is 14.4. The van der Waals surface area contributed by atoms with Crippen LogP contribution in [0.4, 0.5) is 5.82 Å². The Hall–Kier alpha value is -4.79. The topological polar surface area (TPSA) is 111 Å². The van der Waals surface area contributed by atoms with E-state index < -0.39 is 0 Å². The van der Waals surface area contributed by atoms with E-state index in [1.807, 2.05) is 73.5 Å². The molecule has 4 aromatic heterocycles. The zero-order chi connectivity index (χ0) is 29.4. The van der Waals surface area contributed by atoms with Crippen molar-refractivity contribution in [2.24, 2.45) is 7.05 Å². The van der Waals surface area contributed by atoms with Gasteiger partial charge in [-0.15, -0.1) is 0 Å². The van der Waals surface area contributed by atoms with Crippen molar-refractivity contribution in [3.63, 3.8) is 0 Å². The van der Waals surface area contributed by atoms with Crippen molar-refractivity contribution >= 4 is 28.8 Å². The number of amides is 1. The number of aryl methyl sites for hydroxylation is 1. The number of fused-ring (bicyclic) bond motifs is 1. The first kappa shape index (κ1) is 27.4. The van der Waals surface area contributed by atoms with Crippen LogP contribution in [-0.2, 0) is 11.8 Å². The molecule has 0 radical (unpaired) electrons. The van der Waals surface area contributed by atoms with E-state index in [2.05, 4.69) is 21.2 Å². The summed E-state index contributed by atoms with van der Waals surface area (Å²) in [7, 11) is 5.68. The number of anilines is 1. The molecule has 42 heavy (non-hydrogen) atoms. The summed E-state index contributed by atoms with van der Waals surface area (Å²) in [6, 6.07) is 13.2. The molecule has 0 N–H and O–H groups in total. The van der Waals surface area contributed by atoms with Crippen LogP contribution in [0.3, 0.4) is 0 Å². The number of piperazine rings is 1. The summed E-state index contributed by atoms with van der Waals surface area (Å²) in [6.45, 7) is 2.52. The lowest BCUT2D eigenvalue weighted by atomic mass is 10.0. The number of pyridine rings is 1. The van der Waals surface area contributed by atoms with Gasteiger partial charge in [0.25, 0.3) is 0 Å². The number of rotatable bonds is 6. The fourth-order valence-electron chi connectivity index (χ4n) is 5.34. The van der Waals surface area contributed by atoms with Crippen molar-refractivity contribution < 1.29 is 4.79 Å². The van der Waals surface area contributed by atoms with E-state index in [-0.39, 0.29) is 11.9 Å². The minimum atomic E-state index is -0.375. The van der Waals surface area contributed by atoms with Gasteiger partial charge >= 0.3 is 0 Å². The number of likely N-dealkylation sites (N-methyl/N-ethyl adjacent to an activating group) is 1. The second kappa shape index (κ2) is 11.2. The number of hydrogen-bond acceptors (Lipinski definition) is 8. The molecule has 1 unspecified atom stereocenters. The van der Waals surface area contributed by atoms with E-state index in [1.165, 1.54) is 0 Å². The Morgan fingerprint density at radius 2 is 1.74 bits per heavy atom. The summed E-state index contributed by atoms with van der Waals surface area (Å²) in [5.74, 6) is 0.893. The number of benzene rings is 1. The second-order valence-corrected chi connectivity index (χ2v) is 10.9. The Labute approximate surface area is 248 Å². The van der Waals surface area contributed by atoms with Gasteiger partial charge in [0.1, 0.15) is 29.0 Å². The number of aromatic nitrogens is 6. The van der Waals surface area contributed by atoms with Gasteiger partial charge in [0, 0.05) is 61.8 Å². The van der Waals surface area contributed by atoms with Gasteiger partial charge in [0.05, 0.1) is 30.0 Å². The Morgan fingerprint density at radius 1 is 0.976 bits per heavy atom. The van der Waals surface area contributed by atoms with Crippen molar-refractivity contribution in [2.45, 2.75) is 6.04 Å². The largest absolute Gasteiger partial charge is 0.353 e. The van der Waals surface area contributed by atoms with Crippen LogP contribution in [0.1, 0.15) is 17.2 Å². The molecule has 0 saturated carbocycles. The van der Waals surface area contributed by atoms with Gasteiger partial charge in [0.15, 0.2) is 0 Å². The predicted molar refractivity (Wildman–Crippen MR) is 160 cm³/mol. The quantitative estimate of drug-likeness (QED) is 0.299. The van der Waals surface area contributed by atoms with Crippen molar-refractivity contribution in [1.29, 1.82) is 5.26 Å². The minimum absolute atomic E-state index is 0.0722. The molecule has 1 aliphatic rings. The molecular weight excluding hydrogens is 552 g/mol. The molecule has 1 amide bonds. The van der Waals surface area contributed by atoms with E-state index in [0.29, 0.717) is 53.7 Å². The average molecular weight is 581 g/mol. The third-order valence-corrected chi connectivity index (χ3v) is 7.74. The molecule has 0 aliphatic carbocycles. The molecule has 1 fully saturated rings. The lowest BCUT2D eigenvalue weighted by molar-refractivity contribution is -0.136. The maximum absolute atomic E-state index is 13.5. The van der Waals surface area contributed by atoms with Crippen molar-refractivity contribution in [3.8, 4) is 28.6 Å². The Morgan fingerprint density at radius 3 is 2.36 bits per heavy atom. The molecule has 5 heterocycles. The zero-order valence-electron chi connectivity index (χ0n) is 23.5. The fourth-order valence-corrected chi connectivity index (χ4v) is 5.46. The maximum atomic E-state index is 13.5. The minimum Gasteiger partial charge on any atom is -0.353 e. The highest BCUT2D eigenvalue weighted by Crippen LogP contribution is 2.30. The molecular formula is C30H29ClN10O. The molecule has 0 spiro atoms. The SMILES string of the molecule is CN(C)C(C(=O)N1CCN(c2ccc(-c3nc(-c4cnn(C)c4)cn4ncc(C#N)c34)cn2)CC1)c1ccc(Cl)cc1. The average Bonchev–Trinajstić information content (AvgIpc) is 3.64. The van der Waals surface area contributed by atoms with Crippen LogP contribution in [0, 0.1) is 11.3 Å². The molecule has 6 rings (SSSR count). The summed E-state index contributed by atoms with van der Waals surface area (Å²) in [5, 5.41) is 19.0. The number of nitriles is 1. The number of halogens is 1. The molecule has 5 aromatic rings. The summed E-state index contributed by atoms with van der Waals surface area (Å²) in [4.78, 5) is 29.2. The number of carbonyl (C=O) groups is 1. The molecule has 12 heteroatoms. The van der Waals surface area contributed by atoms with Crippen LogP contribution >= 0.6 is 11.6 Å². The van der Waals surface area contributed by atoms with E-state index in [4.69, 9.17) is 21.6 Å². The highest BCUT2D eigenvalue weighted by atomic mass is 35.5. The molecule has 11 nitrogen and oxygen atoms in total. The summed E-state index contributed by atoms with van der Waals surface area (Å²) in [6.07, 6.45) is 8.75. The lowest BCUT2D eigenvalue weighted by Crippen LogP contribution is -2.51. The van der Waals surface area contributed by atoms with Gasteiger partial charge in [-0.05, 0) is 43.9 Å². The Balaban J connectivity index is 1.21. The highest BCUT2D eigenvalue weighted by Gasteiger charge is 2.30. The van der Waals surface area contributed by atoms with Crippen molar-refractivity contribution in [3.05, 3.63) is 83.5 Å². The smallest absolute Gasteiger partial charge is 0.244 e. The maximum Gasteiger partial charge on any atom is 0.244 e. The summed E-state index contributed by atoms with van der Waals surface area (Å²) in [5.41, 5.74) is 4.92. The number of hydrogen-bond donors (Lipinski definition) is 0. The van der Waals surface area contributed by atoms with Gasteiger partial charge in [-0.2, -0.15) is 15.5 Å². The van der Waals surface area contributed by atoms with Gasteiger partial charge in [-0.25, -0.2) is 14.5 Å². The third-order valence-electron chi connectivity index (χ3n) is 7.49. The first-order chi connectivity index (χ1) is 20.3. The lowest BCUT2D eigenvalue weighted by Gasteiger charge is -2.38. The van der Waals surface area contributed by atoms with E-state index in [0.717, 1.165) is 22.5 Å². The predicted octanol–water partition coefficient (Wildman–Crippen LogP) is 3.67. The van der Waals surface area contributed by atoms with Crippen LogP contribution < -0.4 is 4.90 Å². The molecule has 1 aromatic carbocycles. The van der Waals surface area contributed by atoms with Gasteiger partial charge in [-0.3, -0.25) is 14.4 Å². The molecule has 1 aliphatic heterocycles. The van der Waals surface area contributed by atoms with Crippen LogP contribution in [0.2, 0.25) is 5.02 Å². The summed E-state index contributed by atoms with van der Waals surface area (Å²) >= 11 is 6.07. The Kier molecular flexibility index (Phi) is 7.33. The number of carbonyl (C=O) groups excluding carboxylic acids is 1. The van der Waals surface area contributed by atoms with E-state index >= 15 is 0 Å². The van der Waals surface area contributed by atoms with Crippen LogP contribution in [-0.4, -0.2) is 85.3 Å². The molecule has 1 saturated heterocycles. The van der Waals surface area contributed by atoms with Crippen molar-refractivity contribution in [1.82, 2.24) is 39.2 Å². The van der Waals surface area contributed by atoms with Crippen LogP contribution in [0.15, 0.2) is 67.4 Å². The van der Waals surface area contributed by atoms with Gasteiger partial charge in [-0.1, -0.05) is 23.7 Å². The van der Waals surface area contributed by atoms with E-state index in [1.54, 1.807) is 34.0 Å². The first-order valence-electron chi connectivity index (χ1n) is 13.5. The van der Waals surface area contributed by atoms with Crippen LogP contribution in [0.5, 0.6) is 0 Å². The van der Waals surface area contributed by atoms with Gasteiger partial charge < -0.3 is 9.80 Å². The standard InChI is InChI=1S/C30H29ClN10O/c1-37(2)29(20-4-7-24(31)8-5-20)30(42)40-12-10-39(11-13-40)26-9-6-21(15-33-26)27-28-22(14-32)16-35-41(28)19-25(36-27)23-17-34-38(3)18-23/h4-9,15-19,29H,10-13H2,1-3H3. The van der Waals surface area contributed by atoms with Gasteiger partial charge in [0.2, 0.25) is 5.91 Å². The Bertz CT molecular complexity index is 1780. The zero-order valence-corrected chi connectivity index (χ0v) is 24.3.